The third kappa shape index (κ3) is 12.0. The predicted octanol–water partition coefficient (Wildman–Crippen LogP) is 8.88. The highest BCUT2D eigenvalue weighted by molar-refractivity contribution is 7.99. The van der Waals surface area contributed by atoms with Crippen molar-refractivity contribution in [1.82, 2.24) is 0 Å². The Labute approximate surface area is 361 Å². The number of ether oxygens (including phenoxy) is 8. The highest BCUT2D eigenvalue weighted by Gasteiger charge is 2.43. The molecule has 2 aliphatic heterocycles. The van der Waals surface area contributed by atoms with Crippen LogP contribution in [0, 0.1) is 0 Å². The van der Waals surface area contributed by atoms with Gasteiger partial charge in [-0.15, -0.1) is 23.5 Å². The van der Waals surface area contributed by atoms with Crippen molar-refractivity contribution in [3.05, 3.63) is 118 Å². The molecule has 0 saturated heterocycles. The molecule has 0 aliphatic carbocycles. The lowest BCUT2D eigenvalue weighted by atomic mass is 9.70. The molecule has 4 atom stereocenters. The Balaban J connectivity index is 0.000000228. The SMILES string of the molecule is COCOc1ccc([C@@]2(C)CSc3cc(OCOC)ccc3C2CN=[N+]=[N-])cc1.COCOc1ccc([C@@]2(C)CSc3cc(OCOC)ccc3C2COS(C)(=O)=O)cc1. The smallest absolute Gasteiger partial charge is 0.264 e. The van der Waals surface area contributed by atoms with Gasteiger partial charge in [0.15, 0.2) is 27.2 Å². The summed E-state index contributed by atoms with van der Waals surface area (Å²) in [7, 11) is 2.76. The summed E-state index contributed by atoms with van der Waals surface area (Å²) in [4.78, 5) is 5.21. The van der Waals surface area contributed by atoms with Gasteiger partial charge in [-0.2, -0.15) is 8.42 Å². The highest BCUT2D eigenvalue weighted by Crippen LogP contribution is 2.52. The van der Waals surface area contributed by atoms with Crippen molar-refractivity contribution in [2.75, 3.05) is 86.5 Å². The molecular formula is C43H53N3O11S3. The van der Waals surface area contributed by atoms with Crippen molar-refractivity contribution in [2.45, 2.75) is 46.3 Å². The monoisotopic (exact) mass is 883 g/mol. The first kappa shape index (κ1) is 46.9. The van der Waals surface area contributed by atoms with Crippen molar-refractivity contribution in [2.24, 2.45) is 5.11 Å². The van der Waals surface area contributed by atoms with Gasteiger partial charge >= 0.3 is 0 Å². The molecule has 0 fully saturated rings. The molecule has 0 amide bonds. The normalized spacial score (nSPS) is 20.6. The summed E-state index contributed by atoms with van der Waals surface area (Å²) in [6, 6.07) is 27.7. The Morgan fingerprint density at radius 2 is 1.02 bits per heavy atom. The molecule has 2 aliphatic rings. The third-order valence-electron chi connectivity index (χ3n) is 10.5. The fourth-order valence-corrected chi connectivity index (χ4v) is 10.4. The van der Waals surface area contributed by atoms with Gasteiger partial charge in [0, 0.05) is 83.9 Å². The molecule has 2 heterocycles. The molecule has 0 N–H and O–H groups in total. The average molecular weight is 884 g/mol. The number of benzene rings is 4. The van der Waals surface area contributed by atoms with E-state index in [4.69, 9.17) is 47.6 Å². The van der Waals surface area contributed by atoms with Crippen LogP contribution in [-0.2, 0) is 44.1 Å². The van der Waals surface area contributed by atoms with Crippen molar-refractivity contribution in [1.29, 1.82) is 0 Å². The van der Waals surface area contributed by atoms with Gasteiger partial charge in [-0.3, -0.25) is 4.18 Å². The minimum absolute atomic E-state index is 0.0527. The van der Waals surface area contributed by atoms with Crippen LogP contribution in [0.1, 0.15) is 47.9 Å². The van der Waals surface area contributed by atoms with Gasteiger partial charge in [0.2, 0.25) is 0 Å². The van der Waals surface area contributed by atoms with E-state index in [9.17, 15) is 8.42 Å². The molecule has 0 aromatic heterocycles. The van der Waals surface area contributed by atoms with E-state index in [0.717, 1.165) is 50.2 Å². The van der Waals surface area contributed by atoms with Crippen LogP contribution in [0.2, 0.25) is 0 Å². The average Bonchev–Trinajstić information content (AvgIpc) is 3.25. The van der Waals surface area contributed by atoms with Gasteiger partial charge in [0.25, 0.3) is 10.1 Å². The lowest BCUT2D eigenvalue weighted by Gasteiger charge is -2.42. The fourth-order valence-electron chi connectivity index (χ4n) is 7.20. The second-order valence-corrected chi connectivity index (χ2v) is 18.2. The van der Waals surface area contributed by atoms with Gasteiger partial charge in [-0.25, -0.2) is 0 Å². The summed E-state index contributed by atoms with van der Waals surface area (Å²) in [6.45, 7) is 5.58. The van der Waals surface area contributed by atoms with E-state index < -0.39 is 10.1 Å². The molecule has 0 saturated carbocycles. The van der Waals surface area contributed by atoms with Crippen molar-refractivity contribution in [3.8, 4) is 23.0 Å². The van der Waals surface area contributed by atoms with Crippen LogP contribution >= 0.6 is 23.5 Å². The van der Waals surface area contributed by atoms with Crippen molar-refractivity contribution in [3.63, 3.8) is 0 Å². The minimum atomic E-state index is -3.58. The Morgan fingerprint density at radius 3 is 1.42 bits per heavy atom. The van der Waals surface area contributed by atoms with Crippen molar-refractivity contribution < 1.29 is 50.5 Å². The van der Waals surface area contributed by atoms with Gasteiger partial charge < -0.3 is 37.9 Å². The predicted molar refractivity (Wildman–Crippen MR) is 232 cm³/mol. The quantitative estimate of drug-likeness (QED) is 0.0288. The Bertz CT molecular complexity index is 2160. The molecule has 0 bridgehead atoms. The molecule has 4 aromatic carbocycles. The summed E-state index contributed by atoms with van der Waals surface area (Å²) < 4.78 is 70.8. The topological polar surface area (TPSA) is 166 Å². The summed E-state index contributed by atoms with van der Waals surface area (Å²) in [5.41, 5.74) is 12.9. The summed E-state index contributed by atoms with van der Waals surface area (Å²) in [6.07, 6.45) is 1.08. The third-order valence-corrected chi connectivity index (χ3v) is 13.9. The van der Waals surface area contributed by atoms with E-state index in [1.165, 1.54) is 11.1 Å². The molecule has 0 radical (unpaired) electrons. The maximum absolute atomic E-state index is 11.8. The zero-order valence-electron chi connectivity index (χ0n) is 35.0. The highest BCUT2D eigenvalue weighted by atomic mass is 32.2. The summed E-state index contributed by atoms with van der Waals surface area (Å²) >= 11 is 3.50. The molecule has 6 rings (SSSR count). The van der Waals surface area contributed by atoms with E-state index in [2.05, 4.69) is 42.1 Å². The van der Waals surface area contributed by atoms with Crippen LogP contribution in [-0.4, -0.2) is 94.9 Å². The number of rotatable bonds is 19. The lowest BCUT2D eigenvalue weighted by molar-refractivity contribution is 0.0507. The zero-order valence-corrected chi connectivity index (χ0v) is 37.4. The number of hydrogen-bond acceptors (Lipinski definition) is 14. The number of thioether (sulfide) groups is 2. The molecule has 60 heavy (non-hydrogen) atoms. The van der Waals surface area contributed by atoms with Crippen LogP contribution < -0.4 is 18.9 Å². The molecule has 324 valence electrons. The number of hydrogen-bond donors (Lipinski definition) is 0. The molecule has 14 nitrogen and oxygen atoms in total. The van der Waals surface area contributed by atoms with Gasteiger partial charge in [0.05, 0.1) is 12.9 Å². The molecule has 4 aromatic rings. The van der Waals surface area contributed by atoms with Gasteiger partial charge in [0.1, 0.15) is 23.0 Å². The second kappa shape index (κ2) is 22.1. The second-order valence-electron chi connectivity index (χ2n) is 14.6. The van der Waals surface area contributed by atoms with Crippen LogP contribution in [0.25, 0.3) is 10.4 Å². The first-order valence-electron chi connectivity index (χ1n) is 19.0. The number of nitrogens with zero attached hydrogens (tertiary/aromatic N) is 3. The zero-order chi connectivity index (χ0) is 43.2. The van der Waals surface area contributed by atoms with Gasteiger partial charge in [-0.1, -0.05) is 55.4 Å². The summed E-state index contributed by atoms with van der Waals surface area (Å²) in [5.74, 6) is 4.44. The number of methoxy groups -OCH3 is 4. The first-order chi connectivity index (χ1) is 28.9. The van der Waals surface area contributed by atoms with Crippen LogP contribution in [0.4, 0.5) is 0 Å². The maximum Gasteiger partial charge on any atom is 0.264 e. The maximum atomic E-state index is 11.8. The van der Waals surface area contributed by atoms with E-state index in [1.807, 2.05) is 66.7 Å². The van der Waals surface area contributed by atoms with Gasteiger partial charge in [-0.05, 0) is 76.3 Å². The Hall–Kier alpha value is -4.16. The Kier molecular flexibility index (Phi) is 17.3. The largest absolute Gasteiger partial charge is 0.468 e. The van der Waals surface area contributed by atoms with E-state index in [0.29, 0.717) is 18.0 Å². The minimum Gasteiger partial charge on any atom is -0.468 e. The Morgan fingerprint density at radius 1 is 0.633 bits per heavy atom. The van der Waals surface area contributed by atoms with Crippen LogP contribution in [0.15, 0.2) is 99.8 Å². The molecule has 0 spiro atoms. The molecule has 17 heteroatoms. The van der Waals surface area contributed by atoms with Crippen LogP contribution in [0.5, 0.6) is 23.0 Å². The number of fused-ring (bicyclic) bond motifs is 2. The fraction of sp³-hybridized carbons (Fsp3) is 0.442. The molecule has 2 unspecified atom stereocenters. The number of azide groups is 1. The standard InChI is InChI=1S/C22H28O7S2.C21H25N3O4S/c1-22(16-5-7-17(8-6-16)27-14-25-2)13-30-21-11-18(28-15-26-3)9-10-19(21)20(22)12-29-31(4,23)24;1-21(15-4-6-16(7-5-15)27-13-25-2)12-29-20-10-17(28-14-26-3)8-9-18(20)19(21)11-23-24-22/h5-11,20H,12-15H2,1-4H3;4-10,19H,11-14H2,1-3H3/t20?,22-;19?,21-/m11/s1. The molecular weight excluding hydrogens is 831 g/mol. The first-order valence-corrected chi connectivity index (χ1v) is 22.7. The van der Waals surface area contributed by atoms with Crippen LogP contribution in [0.3, 0.4) is 0 Å². The van der Waals surface area contributed by atoms with E-state index in [1.54, 1.807) is 52.0 Å². The van der Waals surface area contributed by atoms with E-state index >= 15 is 0 Å². The summed E-state index contributed by atoms with van der Waals surface area (Å²) in [5, 5.41) is 3.92. The van der Waals surface area contributed by atoms with E-state index in [-0.39, 0.29) is 56.4 Å². The van der Waals surface area contributed by atoms with Crippen molar-refractivity contribution >= 4 is 33.6 Å². The lowest BCUT2D eigenvalue weighted by Crippen LogP contribution is -2.39.